The Morgan fingerprint density at radius 2 is 1.40 bits per heavy atom. The zero-order valence-corrected chi connectivity index (χ0v) is 10.1. The monoisotopic (exact) mass is 307 g/mol. The Bertz CT molecular complexity index is 690. The van der Waals surface area contributed by atoms with Gasteiger partial charge in [-0.2, -0.15) is 0 Å². The molecule has 0 saturated heterocycles. The molecule has 8 heteroatoms. The Morgan fingerprint density at radius 3 is 1.90 bits per heavy atom. The van der Waals surface area contributed by atoms with Crippen molar-refractivity contribution in [3.8, 4) is 11.3 Å². The van der Waals surface area contributed by atoms with Gasteiger partial charge in [-0.3, -0.25) is 4.79 Å². The van der Waals surface area contributed by atoms with Crippen LogP contribution in [0.25, 0.3) is 11.3 Å². The van der Waals surface area contributed by atoms with E-state index in [4.69, 9.17) is 11.6 Å². The minimum absolute atomic E-state index is 0.163. The van der Waals surface area contributed by atoms with Gasteiger partial charge in [0, 0.05) is 5.56 Å². The first kappa shape index (κ1) is 14.4. The molecule has 0 aliphatic heterocycles. The lowest BCUT2D eigenvalue weighted by Crippen LogP contribution is -2.06. The molecule has 0 atom stereocenters. The van der Waals surface area contributed by atoms with Crippen molar-refractivity contribution in [1.29, 1.82) is 0 Å². The largest absolute Gasteiger partial charge is 0.298 e. The molecular weight excluding hydrogens is 305 g/mol. The van der Waals surface area contributed by atoms with Crippen LogP contribution in [-0.4, -0.2) is 11.3 Å². The van der Waals surface area contributed by atoms with Gasteiger partial charge < -0.3 is 0 Å². The van der Waals surface area contributed by atoms with Gasteiger partial charge in [0.2, 0.25) is 5.82 Å². The molecule has 0 fully saturated rings. The van der Waals surface area contributed by atoms with Crippen LogP contribution in [0.3, 0.4) is 0 Å². The predicted octanol–water partition coefficient (Wildman–Crippen LogP) is 3.91. The predicted molar refractivity (Wildman–Crippen MR) is 59.9 cm³/mol. The van der Waals surface area contributed by atoms with Gasteiger partial charge in [-0.15, -0.1) is 0 Å². The fourth-order valence-corrected chi connectivity index (χ4v) is 1.70. The highest BCUT2D eigenvalue weighted by molar-refractivity contribution is 6.29. The van der Waals surface area contributed by atoms with Crippen LogP contribution in [0.15, 0.2) is 12.1 Å². The summed E-state index contributed by atoms with van der Waals surface area (Å²) in [7, 11) is 0. The highest BCUT2D eigenvalue weighted by Gasteiger charge is 2.28. The molecule has 1 heterocycles. The normalized spacial score (nSPS) is 10.7. The van der Waals surface area contributed by atoms with E-state index in [-0.39, 0.29) is 17.0 Å². The maximum absolute atomic E-state index is 13.6. The number of benzene rings is 1. The number of rotatable bonds is 2. The number of nitrogens with zero attached hydrogens (tertiary/aromatic N) is 1. The smallest absolute Gasteiger partial charge is 0.200 e. The average molecular weight is 308 g/mol. The molecule has 20 heavy (non-hydrogen) atoms. The van der Waals surface area contributed by atoms with Gasteiger partial charge in [-0.1, -0.05) is 11.6 Å². The van der Waals surface area contributed by atoms with Crippen molar-refractivity contribution < 1.29 is 26.7 Å². The molecular formula is C12H3ClF5NO. The van der Waals surface area contributed by atoms with Crippen LogP contribution in [0.5, 0.6) is 0 Å². The van der Waals surface area contributed by atoms with Crippen molar-refractivity contribution in [1.82, 2.24) is 4.98 Å². The number of aromatic nitrogens is 1. The van der Waals surface area contributed by atoms with E-state index in [1.165, 1.54) is 0 Å². The van der Waals surface area contributed by atoms with E-state index in [0.717, 1.165) is 12.1 Å². The molecule has 1 aromatic carbocycles. The lowest BCUT2D eigenvalue weighted by atomic mass is 10.0. The first-order chi connectivity index (χ1) is 9.38. The average Bonchev–Trinajstić information content (AvgIpc) is 2.43. The van der Waals surface area contributed by atoms with Gasteiger partial charge in [0.1, 0.15) is 5.15 Å². The van der Waals surface area contributed by atoms with Gasteiger partial charge in [0.05, 0.1) is 11.3 Å². The first-order valence-electron chi connectivity index (χ1n) is 5.02. The van der Waals surface area contributed by atoms with E-state index in [1.807, 2.05) is 0 Å². The molecule has 0 N–H and O–H groups in total. The Morgan fingerprint density at radius 1 is 0.900 bits per heavy atom. The van der Waals surface area contributed by atoms with Crippen molar-refractivity contribution in [3.63, 3.8) is 0 Å². The Kier molecular flexibility index (Phi) is 3.71. The number of hydrogen-bond donors (Lipinski definition) is 0. The SMILES string of the molecule is O=Cc1ccc(Cl)nc1-c1c(F)c(F)c(F)c(F)c1F. The van der Waals surface area contributed by atoms with Gasteiger partial charge in [-0.05, 0) is 12.1 Å². The zero-order valence-electron chi connectivity index (χ0n) is 9.36. The van der Waals surface area contributed by atoms with Crippen molar-refractivity contribution in [2.45, 2.75) is 0 Å². The fraction of sp³-hybridized carbons (Fsp3) is 0. The van der Waals surface area contributed by atoms with Gasteiger partial charge in [-0.25, -0.2) is 26.9 Å². The molecule has 104 valence electrons. The number of pyridine rings is 1. The van der Waals surface area contributed by atoms with Crippen molar-refractivity contribution in [2.75, 3.05) is 0 Å². The van der Waals surface area contributed by atoms with E-state index >= 15 is 0 Å². The maximum atomic E-state index is 13.6. The first-order valence-corrected chi connectivity index (χ1v) is 5.39. The van der Waals surface area contributed by atoms with Crippen LogP contribution in [0.2, 0.25) is 5.15 Å². The third kappa shape index (κ3) is 2.14. The molecule has 0 amide bonds. The summed E-state index contributed by atoms with van der Waals surface area (Å²) >= 11 is 5.51. The van der Waals surface area contributed by atoms with Gasteiger partial charge >= 0.3 is 0 Å². The topological polar surface area (TPSA) is 30.0 Å². The van der Waals surface area contributed by atoms with Crippen LogP contribution in [0, 0.1) is 29.1 Å². The lowest BCUT2D eigenvalue weighted by Gasteiger charge is -2.09. The second-order valence-corrected chi connectivity index (χ2v) is 4.02. The van der Waals surface area contributed by atoms with E-state index in [9.17, 15) is 26.7 Å². The molecule has 1 aromatic heterocycles. The zero-order chi connectivity index (χ0) is 15.0. The highest BCUT2D eigenvalue weighted by Crippen LogP contribution is 2.32. The minimum Gasteiger partial charge on any atom is -0.298 e. The Balaban J connectivity index is 2.90. The highest BCUT2D eigenvalue weighted by atomic mass is 35.5. The number of aldehydes is 1. The van der Waals surface area contributed by atoms with Crippen LogP contribution >= 0.6 is 11.6 Å². The molecule has 2 nitrogen and oxygen atoms in total. The van der Waals surface area contributed by atoms with E-state index in [0.29, 0.717) is 0 Å². The summed E-state index contributed by atoms with van der Waals surface area (Å²) in [5.41, 5.74) is -2.39. The minimum atomic E-state index is -2.29. The Labute approximate surface area is 113 Å². The van der Waals surface area contributed by atoms with E-state index in [2.05, 4.69) is 4.98 Å². The number of halogens is 6. The third-order valence-electron chi connectivity index (χ3n) is 2.47. The van der Waals surface area contributed by atoms with Crippen LogP contribution in [0.1, 0.15) is 10.4 Å². The summed E-state index contributed by atoms with van der Waals surface area (Å²) in [4.78, 5) is 14.2. The molecule has 0 spiro atoms. The maximum Gasteiger partial charge on any atom is 0.200 e. The number of carbonyl (C=O) groups excluding carboxylic acids is 1. The summed E-state index contributed by atoms with van der Waals surface area (Å²) in [5, 5.41) is -0.269. The third-order valence-corrected chi connectivity index (χ3v) is 2.68. The molecule has 0 aliphatic rings. The summed E-state index contributed by atoms with van der Waals surface area (Å²) in [5.74, 6) is -10.7. The quantitative estimate of drug-likeness (QED) is 0.277. The molecule has 0 bridgehead atoms. The second kappa shape index (κ2) is 5.16. The lowest BCUT2D eigenvalue weighted by molar-refractivity contribution is 0.112. The van der Waals surface area contributed by atoms with Crippen molar-refractivity contribution in [3.05, 3.63) is 51.9 Å². The second-order valence-electron chi connectivity index (χ2n) is 3.63. The summed E-state index contributed by atoms with van der Waals surface area (Å²) in [6, 6.07) is 2.19. The molecule has 0 aliphatic carbocycles. The molecule has 0 unspecified atom stereocenters. The van der Waals surface area contributed by atoms with Gasteiger partial charge in [0.25, 0.3) is 0 Å². The number of hydrogen-bond acceptors (Lipinski definition) is 2. The van der Waals surface area contributed by atoms with Crippen molar-refractivity contribution >= 4 is 17.9 Å². The van der Waals surface area contributed by atoms with E-state index in [1.54, 1.807) is 0 Å². The van der Waals surface area contributed by atoms with E-state index < -0.39 is 40.3 Å². The fourth-order valence-electron chi connectivity index (χ4n) is 1.55. The van der Waals surface area contributed by atoms with Crippen molar-refractivity contribution in [2.24, 2.45) is 0 Å². The van der Waals surface area contributed by atoms with Crippen LogP contribution in [0.4, 0.5) is 22.0 Å². The Hall–Kier alpha value is -2.02. The van der Waals surface area contributed by atoms with Gasteiger partial charge in [0.15, 0.2) is 29.6 Å². The summed E-state index contributed by atoms with van der Waals surface area (Å²) < 4.78 is 66.4. The number of carbonyl (C=O) groups is 1. The molecule has 2 rings (SSSR count). The van der Waals surface area contributed by atoms with Crippen LogP contribution in [-0.2, 0) is 0 Å². The molecule has 0 saturated carbocycles. The van der Waals surface area contributed by atoms with Crippen LogP contribution < -0.4 is 0 Å². The molecule has 2 aromatic rings. The standard InChI is InChI=1S/C12H3ClF5NO/c13-5-2-1-4(3-20)12(19-5)6-7(14)9(16)11(18)10(17)8(6)15/h1-3H. The summed E-state index contributed by atoms with van der Waals surface area (Å²) in [6.07, 6.45) is 0.163. The molecule has 0 radical (unpaired) electrons. The summed E-state index contributed by atoms with van der Waals surface area (Å²) in [6.45, 7) is 0.